The van der Waals surface area contributed by atoms with Crippen molar-refractivity contribution >= 4 is 23.5 Å². The molecule has 6 heteroatoms. The summed E-state index contributed by atoms with van der Waals surface area (Å²) in [6.07, 6.45) is 5.55. The maximum absolute atomic E-state index is 6.15. The molecule has 1 aliphatic heterocycles. The molecule has 1 saturated heterocycles. The monoisotopic (exact) mass is 301 g/mol. The molecule has 0 unspecified atom stereocenters. The lowest BCUT2D eigenvalue weighted by molar-refractivity contribution is 0.00578. The first-order chi connectivity index (χ1) is 10.0. The summed E-state index contributed by atoms with van der Waals surface area (Å²) < 4.78 is 14.3. The molecule has 1 fully saturated rings. The number of fused-ring (bicyclic) bond motifs is 1. The number of nitrogens with zero attached hydrogens (tertiary/aromatic N) is 3. The topological polar surface area (TPSA) is 49.2 Å². The van der Waals surface area contributed by atoms with E-state index >= 15 is 0 Å². The average molecular weight is 301 g/mol. The van der Waals surface area contributed by atoms with Crippen LogP contribution in [-0.2, 0) is 14.8 Å². The summed E-state index contributed by atoms with van der Waals surface area (Å²) in [5.74, 6) is 0. The normalized spacial score (nSPS) is 20.8. The van der Waals surface area contributed by atoms with Crippen LogP contribution in [-0.4, -0.2) is 33.1 Å². The SMILES string of the molecule is CC(C)(C)n1ncc2c(B3OC(C)(C)C(C)(C)O3)cncc21. The second-order valence-electron chi connectivity index (χ2n) is 7.98. The van der Waals surface area contributed by atoms with Crippen LogP contribution in [0, 0.1) is 0 Å². The highest BCUT2D eigenvalue weighted by Gasteiger charge is 2.52. The molecule has 5 nitrogen and oxygen atoms in total. The van der Waals surface area contributed by atoms with Crippen molar-refractivity contribution in [2.24, 2.45) is 0 Å². The molecule has 3 rings (SSSR count). The van der Waals surface area contributed by atoms with Crippen molar-refractivity contribution in [3.63, 3.8) is 0 Å². The number of pyridine rings is 1. The fourth-order valence-corrected chi connectivity index (χ4v) is 2.65. The number of hydrogen-bond donors (Lipinski definition) is 0. The van der Waals surface area contributed by atoms with E-state index in [1.165, 1.54) is 0 Å². The number of hydrogen-bond acceptors (Lipinski definition) is 4. The Morgan fingerprint density at radius 3 is 2.14 bits per heavy atom. The molecule has 1 aliphatic rings. The second kappa shape index (κ2) is 4.55. The maximum Gasteiger partial charge on any atom is 0.497 e. The lowest BCUT2D eigenvalue weighted by Gasteiger charge is -2.32. The van der Waals surface area contributed by atoms with Crippen LogP contribution in [0.1, 0.15) is 48.5 Å². The molecule has 22 heavy (non-hydrogen) atoms. The van der Waals surface area contributed by atoms with E-state index in [2.05, 4.69) is 58.5 Å². The van der Waals surface area contributed by atoms with Crippen molar-refractivity contribution < 1.29 is 9.31 Å². The fraction of sp³-hybridized carbons (Fsp3) is 0.625. The van der Waals surface area contributed by atoms with Crippen LogP contribution in [0.25, 0.3) is 10.9 Å². The molecule has 118 valence electrons. The first kappa shape index (κ1) is 15.5. The Hall–Kier alpha value is -1.40. The first-order valence-corrected chi connectivity index (χ1v) is 7.71. The predicted molar refractivity (Wildman–Crippen MR) is 88.2 cm³/mol. The highest BCUT2D eigenvalue weighted by molar-refractivity contribution is 6.65. The molecule has 0 atom stereocenters. The van der Waals surface area contributed by atoms with Crippen molar-refractivity contribution in [2.75, 3.05) is 0 Å². The third kappa shape index (κ3) is 2.25. The fourth-order valence-electron chi connectivity index (χ4n) is 2.65. The van der Waals surface area contributed by atoms with E-state index < -0.39 is 7.12 Å². The van der Waals surface area contributed by atoms with Gasteiger partial charge in [0.2, 0.25) is 0 Å². The number of rotatable bonds is 1. The summed E-state index contributed by atoms with van der Waals surface area (Å²) in [6.45, 7) is 14.6. The van der Waals surface area contributed by atoms with Crippen LogP contribution in [0.4, 0.5) is 0 Å². The molecule has 0 N–H and O–H groups in total. The van der Waals surface area contributed by atoms with Crippen LogP contribution >= 0.6 is 0 Å². The molecule has 3 heterocycles. The van der Waals surface area contributed by atoms with E-state index in [0.29, 0.717) is 0 Å². The Labute approximate surface area is 132 Å². The minimum Gasteiger partial charge on any atom is -0.399 e. The van der Waals surface area contributed by atoms with E-state index in [1.807, 2.05) is 23.3 Å². The van der Waals surface area contributed by atoms with Gasteiger partial charge in [0, 0.05) is 17.0 Å². The summed E-state index contributed by atoms with van der Waals surface area (Å²) in [6, 6.07) is 0. The van der Waals surface area contributed by atoms with Gasteiger partial charge in [-0.25, -0.2) is 0 Å². The van der Waals surface area contributed by atoms with Crippen molar-refractivity contribution in [1.82, 2.24) is 14.8 Å². The van der Waals surface area contributed by atoms with Crippen LogP contribution < -0.4 is 5.46 Å². The second-order valence-corrected chi connectivity index (χ2v) is 7.98. The highest BCUT2D eigenvalue weighted by atomic mass is 16.7. The third-order valence-electron chi connectivity index (χ3n) is 4.67. The van der Waals surface area contributed by atoms with Gasteiger partial charge in [0.05, 0.1) is 34.7 Å². The van der Waals surface area contributed by atoms with Gasteiger partial charge in [-0.3, -0.25) is 9.67 Å². The van der Waals surface area contributed by atoms with E-state index in [1.54, 1.807) is 0 Å². The Bertz CT molecular complexity index is 700. The quantitative estimate of drug-likeness (QED) is 0.759. The molecule has 2 aromatic heterocycles. The highest BCUT2D eigenvalue weighted by Crippen LogP contribution is 2.37. The Morgan fingerprint density at radius 1 is 1.00 bits per heavy atom. The molecule has 0 bridgehead atoms. The molecule has 0 aromatic carbocycles. The van der Waals surface area contributed by atoms with Crippen molar-refractivity contribution in [1.29, 1.82) is 0 Å². The summed E-state index contributed by atoms with van der Waals surface area (Å²) >= 11 is 0. The molecule has 0 aliphatic carbocycles. The molecule has 2 aromatic rings. The van der Waals surface area contributed by atoms with Crippen molar-refractivity contribution in [2.45, 2.75) is 65.2 Å². The minimum absolute atomic E-state index is 0.0992. The van der Waals surface area contributed by atoms with Gasteiger partial charge in [0.25, 0.3) is 0 Å². The molecule has 0 radical (unpaired) electrons. The van der Waals surface area contributed by atoms with Gasteiger partial charge >= 0.3 is 7.12 Å². The summed E-state index contributed by atoms with van der Waals surface area (Å²) in [7, 11) is -0.418. The van der Waals surface area contributed by atoms with Crippen molar-refractivity contribution in [3.05, 3.63) is 18.6 Å². The van der Waals surface area contributed by atoms with Gasteiger partial charge in [-0.1, -0.05) is 0 Å². The van der Waals surface area contributed by atoms with Gasteiger partial charge in [-0.05, 0) is 48.5 Å². The molecule has 0 amide bonds. The average Bonchev–Trinajstić information content (AvgIpc) is 2.87. The largest absolute Gasteiger partial charge is 0.497 e. The Kier molecular flexibility index (Phi) is 3.21. The van der Waals surface area contributed by atoms with Crippen LogP contribution in [0.5, 0.6) is 0 Å². The van der Waals surface area contributed by atoms with E-state index in [4.69, 9.17) is 9.31 Å². The smallest absolute Gasteiger partial charge is 0.399 e. The standard InChI is InChI=1S/C16H24BN3O2/c1-14(2,3)20-13-10-18-9-12(11(13)8-19-20)17-21-15(4,5)16(6,7)22-17/h8-10H,1-7H3. The minimum atomic E-state index is -0.418. The van der Waals surface area contributed by atoms with Gasteiger partial charge in [0.15, 0.2) is 0 Å². The molecular formula is C16H24BN3O2. The summed E-state index contributed by atoms with van der Waals surface area (Å²) in [5.41, 5.74) is 1.11. The van der Waals surface area contributed by atoms with E-state index in [0.717, 1.165) is 16.4 Å². The summed E-state index contributed by atoms with van der Waals surface area (Å²) in [4.78, 5) is 4.38. The van der Waals surface area contributed by atoms with Gasteiger partial charge in [-0.15, -0.1) is 0 Å². The molecule has 0 spiro atoms. The third-order valence-corrected chi connectivity index (χ3v) is 4.67. The van der Waals surface area contributed by atoms with Crippen LogP contribution in [0.15, 0.2) is 18.6 Å². The zero-order valence-corrected chi connectivity index (χ0v) is 14.5. The lowest BCUT2D eigenvalue weighted by atomic mass is 9.78. The zero-order valence-electron chi connectivity index (χ0n) is 14.5. The maximum atomic E-state index is 6.15. The van der Waals surface area contributed by atoms with E-state index in [-0.39, 0.29) is 16.7 Å². The van der Waals surface area contributed by atoms with Crippen LogP contribution in [0.2, 0.25) is 0 Å². The molecule has 0 saturated carbocycles. The summed E-state index contributed by atoms with van der Waals surface area (Å²) in [5, 5.41) is 5.57. The van der Waals surface area contributed by atoms with Gasteiger partial charge in [0.1, 0.15) is 0 Å². The number of aromatic nitrogens is 3. The Balaban J connectivity index is 2.09. The predicted octanol–water partition coefficient (Wildman–Crippen LogP) is 2.49. The van der Waals surface area contributed by atoms with Gasteiger partial charge in [-0.2, -0.15) is 5.10 Å². The zero-order chi connectivity index (χ0) is 16.3. The van der Waals surface area contributed by atoms with E-state index in [9.17, 15) is 0 Å². The first-order valence-electron chi connectivity index (χ1n) is 7.71. The lowest BCUT2D eigenvalue weighted by Crippen LogP contribution is -2.41. The van der Waals surface area contributed by atoms with Crippen LogP contribution in [0.3, 0.4) is 0 Å². The molecular weight excluding hydrogens is 277 g/mol. The van der Waals surface area contributed by atoms with Crippen molar-refractivity contribution in [3.8, 4) is 0 Å². The Morgan fingerprint density at radius 2 is 1.59 bits per heavy atom. The van der Waals surface area contributed by atoms with Gasteiger partial charge < -0.3 is 9.31 Å².